The third kappa shape index (κ3) is 5.19. The molecule has 0 saturated carbocycles. The Hall–Kier alpha value is -3.02. The number of hydrogen-bond acceptors (Lipinski definition) is 3. The minimum atomic E-state index is -0.411. The highest BCUT2D eigenvalue weighted by atomic mass is 16.5. The van der Waals surface area contributed by atoms with Crippen molar-refractivity contribution in [2.75, 3.05) is 26.7 Å². The maximum atomic E-state index is 12.9. The van der Waals surface area contributed by atoms with E-state index in [0.717, 1.165) is 16.9 Å². The highest BCUT2D eigenvalue weighted by Crippen LogP contribution is 2.33. The van der Waals surface area contributed by atoms with E-state index in [1.165, 1.54) is 5.56 Å². The molecule has 166 valence electrons. The largest absolute Gasteiger partial charge is 0.497 e. The van der Waals surface area contributed by atoms with Crippen molar-refractivity contribution in [3.8, 4) is 5.75 Å². The molecule has 1 aliphatic heterocycles. The van der Waals surface area contributed by atoms with Gasteiger partial charge >= 0.3 is 6.03 Å². The van der Waals surface area contributed by atoms with E-state index in [1.54, 1.807) is 12.0 Å². The minimum absolute atomic E-state index is 0.0373. The van der Waals surface area contributed by atoms with E-state index in [-0.39, 0.29) is 23.9 Å². The topological polar surface area (TPSA) is 61.9 Å². The van der Waals surface area contributed by atoms with Crippen LogP contribution in [0.4, 0.5) is 4.79 Å². The van der Waals surface area contributed by atoms with Gasteiger partial charge in [0.05, 0.1) is 7.11 Å². The second-order valence-electron chi connectivity index (χ2n) is 8.89. The molecular weight excluding hydrogens is 390 g/mol. The zero-order valence-corrected chi connectivity index (χ0v) is 19.1. The van der Waals surface area contributed by atoms with Gasteiger partial charge in [0, 0.05) is 13.1 Å². The van der Waals surface area contributed by atoms with Gasteiger partial charge in [-0.15, -0.1) is 0 Å². The number of ether oxygens (including phenoxy) is 1. The first-order valence-corrected chi connectivity index (χ1v) is 10.8. The lowest BCUT2D eigenvalue weighted by Crippen LogP contribution is -2.42. The number of carbonyl (C=O) groups is 2. The normalized spacial score (nSPS) is 16.5. The number of hydrogen-bond donors (Lipinski definition) is 1. The average Bonchev–Trinajstić information content (AvgIpc) is 3.08. The Morgan fingerprint density at radius 2 is 1.74 bits per heavy atom. The van der Waals surface area contributed by atoms with Crippen molar-refractivity contribution < 1.29 is 14.3 Å². The van der Waals surface area contributed by atoms with Crippen LogP contribution in [0.1, 0.15) is 50.6 Å². The molecule has 0 radical (unpaired) electrons. The van der Waals surface area contributed by atoms with Crippen LogP contribution in [-0.2, 0) is 16.6 Å². The number of nitrogens with one attached hydrogen (secondary N) is 1. The molecule has 1 atom stereocenters. The van der Waals surface area contributed by atoms with E-state index in [0.29, 0.717) is 19.5 Å². The van der Waals surface area contributed by atoms with Crippen LogP contribution in [0.5, 0.6) is 5.75 Å². The molecule has 0 spiro atoms. The van der Waals surface area contributed by atoms with Gasteiger partial charge in [-0.25, -0.2) is 4.79 Å². The van der Waals surface area contributed by atoms with Crippen molar-refractivity contribution >= 4 is 11.9 Å². The maximum Gasteiger partial charge on any atom is 0.319 e. The van der Waals surface area contributed by atoms with Gasteiger partial charge in [0.15, 0.2) is 0 Å². The molecule has 1 unspecified atom stereocenters. The van der Waals surface area contributed by atoms with Gasteiger partial charge in [0.2, 0.25) is 5.91 Å². The summed E-state index contributed by atoms with van der Waals surface area (Å²) >= 11 is 0. The van der Waals surface area contributed by atoms with E-state index in [4.69, 9.17) is 4.74 Å². The van der Waals surface area contributed by atoms with Crippen LogP contribution in [0, 0.1) is 0 Å². The molecule has 3 amide bonds. The predicted molar refractivity (Wildman–Crippen MR) is 122 cm³/mol. The van der Waals surface area contributed by atoms with E-state index in [1.807, 2.05) is 48.2 Å². The number of nitrogens with zero attached hydrogens (tertiary/aromatic N) is 2. The Morgan fingerprint density at radius 3 is 2.29 bits per heavy atom. The maximum absolute atomic E-state index is 12.9. The first kappa shape index (κ1) is 22.7. The molecular formula is C25H33N3O3. The van der Waals surface area contributed by atoms with Crippen LogP contribution in [0.15, 0.2) is 48.5 Å². The summed E-state index contributed by atoms with van der Waals surface area (Å²) in [6, 6.07) is 15.9. The summed E-state index contributed by atoms with van der Waals surface area (Å²) < 4.78 is 5.22. The van der Waals surface area contributed by atoms with Gasteiger partial charge in [-0.05, 0) is 47.6 Å². The van der Waals surface area contributed by atoms with Crippen molar-refractivity contribution in [2.45, 2.75) is 45.7 Å². The Balaban J connectivity index is 1.86. The van der Waals surface area contributed by atoms with Crippen molar-refractivity contribution in [3.05, 3.63) is 65.2 Å². The standard InChI is InChI=1S/C25H33N3O3/c1-6-26-24(30)28-17-22(29)27(16-15-18-7-13-21(31-5)14-8-18)23(28)19-9-11-20(12-10-19)25(2,3)4/h7-14,23H,6,15-17H2,1-5H3,(H,26,30). The van der Waals surface area contributed by atoms with E-state index in [9.17, 15) is 9.59 Å². The monoisotopic (exact) mass is 423 g/mol. The van der Waals surface area contributed by atoms with Crippen LogP contribution in [0.2, 0.25) is 0 Å². The van der Waals surface area contributed by atoms with E-state index < -0.39 is 6.17 Å². The second-order valence-corrected chi connectivity index (χ2v) is 8.89. The fourth-order valence-electron chi connectivity index (χ4n) is 3.87. The summed E-state index contributed by atoms with van der Waals surface area (Å²) in [4.78, 5) is 29.1. The van der Waals surface area contributed by atoms with Gasteiger partial charge in [-0.2, -0.15) is 0 Å². The lowest BCUT2D eigenvalue weighted by Gasteiger charge is -2.31. The molecule has 31 heavy (non-hydrogen) atoms. The molecule has 1 fully saturated rings. The molecule has 1 heterocycles. The Labute approximate surface area is 185 Å². The number of methoxy groups -OCH3 is 1. The number of urea groups is 1. The second kappa shape index (κ2) is 9.41. The molecule has 6 heteroatoms. The van der Waals surface area contributed by atoms with Gasteiger partial charge in [-0.1, -0.05) is 57.2 Å². The quantitative estimate of drug-likeness (QED) is 0.761. The zero-order chi connectivity index (χ0) is 22.6. The summed E-state index contributed by atoms with van der Waals surface area (Å²) in [5.41, 5.74) is 3.32. The molecule has 0 bridgehead atoms. The summed E-state index contributed by atoms with van der Waals surface area (Å²) in [7, 11) is 1.64. The molecule has 0 aromatic heterocycles. The summed E-state index contributed by atoms with van der Waals surface area (Å²) in [6.45, 7) is 9.53. The number of carbonyl (C=O) groups excluding carboxylic acids is 2. The predicted octanol–water partition coefficient (Wildman–Crippen LogP) is 4.11. The lowest BCUT2D eigenvalue weighted by atomic mass is 9.86. The van der Waals surface area contributed by atoms with Gasteiger partial charge in [-0.3, -0.25) is 9.69 Å². The molecule has 0 aliphatic carbocycles. The highest BCUT2D eigenvalue weighted by molar-refractivity contribution is 5.88. The van der Waals surface area contributed by atoms with E-state index >= 15 is 0 Å². The lowest BCUT2D eigenvalue weighted by molar-refractivity contribution is -0.128. The molecule has 3 rings (SSSR count). The molecule has 6 nitrogen and oxygen atoms in total. The average molecular weight is 424 g/mol. The Bertz CT molecular complexity index is 901. The van der Waals surface area contributed by atoms with Crippen LogP contribution < -0.4 is 10.1 Å². The zero-order valence-electron chi connectivity index (χ0n) is 19.1. The molecule has 1 aliphatic rings. The van der Waals surface area contributed by atoms with Gasteiger partial charge < -0.3 is 15.0 Å². The Morgan fingerprint density at radius 1 is 1.10 bits per heavy atom. The van der Waals surface area contributed by atoms with Crippen LogP contribution in [-0.4, -0.2) is 48.5 Å². The molecule has 1 N–H and O–H groups in total. The Kier molecular flexibility index (Phi) is 6.88. The SMILES string of the molecule is CCNC(=O)N1CC(=O)N(CCc2ccc(OC)cc2)C1c1ccc(C(C)(C)C)cc1. The van der Waals surface area contributed by atoms with Gasteiger partial charge in [0.25, 0.3) is 0 Å². The third-order valence-corrected chi connectivity index (χ3v) is 5.68. The molecule has 2 aromatic carbocycles. The number of benzene rings is 2. The number of rotatable bonds is 6. The smallest absolute Gasteiger partial charge is 0.319 e. The summed E-state index contributed by atoms with van der Waals surface area (Å²) in [6.07, 6.45) is 0.293. The molecule has 2 aromatic rings. The van der Waals surface area contributed by atoms with Crippen molar-refractivity contribution in [2.24, 2.45) is 0 Å². The van der Waals surface area contributed by atoms with Crippen molar-refractivity contribution in [3.63, 3.8) is 0 Å². The fraction of sp³-hybridized carbons (Fsp3) is 0.440. The highest BCUT2D eigenvalue weighted by Gasteiger charge is 2.41. The minimum Gasteiger partial charge on any atom is -0.497 e. The van der Waals surface area contributed by atoms with Crippen LogP contribution in [0.3, 0.4) is 0 Å². The third-order valence-electron chi connectivity index (χ3n) is 5.68. The van der Waals surface area contributed by atoms with Gasteiger partial charge in [0.1, 0.15) is 18.5 Å². The fourth-order valence-corrected chi connectivity index (χ4v) is 3.87. The molecule has 1 saturated heterocycles. The van der Waals surface area contributed by atoms with Crippen molar-refractivity contribution in [1.29, 1.82) is 0 Å². The van der Waals surface area contributed by atoms with Crippen LogP contribution in [0.25, 0.3) is 0 Å². The first-order chi connectivity index (χ1) is 14.7. The van der Waals surface area contributed by atoms with Crippen molar-refractivity contribution in [1.82, 2.24) is 15.1 Å². The first-order valence-electron chi connectivity index (χ1n) is 10.8. The number of amides is 3. The van der Waals surface area contributed by atoms with Crippen LogP contribution >= 0.6 is 0 Å². The summed E-state index contributed by atoms with van der Waals surface area (Å²) in [5.74, 6) is 0.768. The summed E-state index contributed by atoms with van der Waals surface area (Å²) in [5, 5.41) is 2.84. The van der Waals surface area contributed by atoms with E-state index in [2.05, 4.69) is 38.2 Å².